The molecule has 0 saturated carbocycles. The normalized spacial score (nSPS) is 19.7. The third-order valence-electron chi connectivity index (χ3n) is 3.22. The first kappa shape index (κ1) is 11.9. The van der Waals surface area contributed by atoms with Crippen molar-refractivity contribution in [3.8, 4) is 0 Å². The Balaban J connectivity index is 2.31. The van der Waals surface area contributed by atoms with Crippen LogP contribution in [0.15, 0.2) is 12.1 Å². The highest BCUT2D eigenvalue weighted by atomic mass is 19.1. The monoisotopic (exact) mass is 236 g/mol. The first-order chi connectivity index (χ1) is 7.99. The topological polar surface area (TPSA) is 46.3 Å². The summed E-state index contributed by atoms with van der Waals surface area (Å²) >= 11 is 0. The largest absolute Gasteiger partial charge is 0.399 e. The number of nitrogens with zero attached hydrogens (tertiary/aromatic N) is 1. The molecule has 1 aromatic rings. The minimum atomic E-state index is -0.455. The molecule has 92 valence electrons. The Hall–Kier alpha value is -1.58. The third-order valence-corrected chi connectivity index (χ3v) is 3.22. The summed E-state index contributed by atoms with van der Waals surface area (Å²) in [5.41, 5.74) is 6.60. The maximum absolute atomic E-state index is 13.9. The number of benzene rings is 1. The number of rotatable bonds is 1. The van der Waals surface area contributed by atoms with Gasteiger partial charge in [-0.05, 0) is 37.0 Å². The van der Waals surface area contributed by atoms with E-state index in [0.29, 0.717) is 30.3 Å². The average molecular weight is 236 g/mol. The van der Waals surface area contributed by atoms with Crippen LogP contribution < -0.4 is 5.73 Å². The molecule has 1 atom stereocenters. The molecule has 1 fully saturated rings. The van der Waals surface area contributed by atoms with E-state index in [1.54, 1.807) is 17.9 Å². The van der Waals surface area contributed by atoms with Gasteiger partial charge in [-0.1, -0.05) is 6.92 Å². The summed E-state index contributed by atoms with van der Waals surface area (Å²) < 4.78 is 13.9. The molecule has 1 aliphatic heterocycles. The Bertz CT molecular complexity index is 459. The molecule has 1 aliphatic rings. The van der Waals surface area contributed by atoms with Crippen LogP contribution in [-0.4, -0.2) is 23.9 Å². The van der Waals surface area contributed by atoms with Gasteiger partial charge in [-0.3, -0.25) is 4.79 Å². The summed E-state index contributed by atoms with van der Waals surface area (Å²) in [6.45, 7) is 5.11. The molecule has 0 bridgehead atoms. The number of nitrogen functional groups attached to an aromatic ring is 1. The van der Waals surface area contributed by atoms with Gasteiger partial charge in [0, 0.05) is 18.8 Å². The van der Waals surface area contributed by atoms with Crippen molar-refractivity contribution in [2.45, 2.75) is 20.3 Å². The molecule has 0 radical (unpaired) electrons. The zero-order chi connectivity index (χ0) is 12.6. The van der Waals surface area contributed by atoms with Crippen molar-refractivity contribution in [3.63, 3.8) is 0 Å². The van der Waals surface area contributed by atoms with Crippen LogP contribution in [0.4, 0.5) is 10.1 Å². The first-order valence-electron chi connectivity index (χ1n) is 5.84. The van der Waals surface area contributed by atoms with Crippen LogP contribution in [0.3, 0.4) is 0 Å². The van der Waals surface area contributed by atoms with E-state index in [1.807, 2.05) is 0 Å². The molecule has 0 aliphatic carbocycles. The third kappa shape index (κ3) is 2.25. The van der Waals surface area contributed by atoms with Gasteiger partial charge in [0.25, 0.3) is 5.91 Å². The number of likely N-dealkylation sites (tertiary alicyclic amines) is 1. The lowest BCUT2D eigenvalue weighted by Gasteiger charge is -2.17. The highest BCUT2D eigenvalue weighted by Gasteiger charge is 2.26. The van der Waals surface area contributed by atoms with Gasteiger partial charge >= 0.3 is 0 Å². The summed E-state index contributed by atoms with van der Waals surface area (Å²) in [6.07, 6.45) is 0.981. The standard InChI is InChI=1S/C13H17FN2O/c1-8-3-4-16(7-8)13(17)11-6-10(15)5-9(2)12(11)14/h5-6,8H,3-4,7,15H2,1-2H3. The molecule has 1 unspecified atom stereocenters. The van der Waals surface area contributed by atoms with Crippen molar-refractivity contribution in [2.24, 2.45) is 5.92 Å². The number of carbonyl (C=O) groups is 1. The van der Waals surface area contributed by atoms with E-state index < -0.39 is 5.82 Å². The van der Waals surface area contributed by atoms with Gasteiger partial charge in [-0.15, -0.1) is 0 Å². The number of halogens is 1. The highest BCUT2D eigenvalue weighted by Crippen LogP contribution is 2.22. The quantitative estimate of drug-likeness (QED) is 0.760. The number of anilines is 1. The first-order valence-corrected chi connectivity index (χ1v) is 5.84. The summed E-state index contributed by atoms with van der Waals surface area (Å²) in [5.74, 6) is -0.213. The van der Waals surface area contributed by atoms with Crippen LogP contribution in [0.2, 0.25) is 0 Å². The van der Waals surface area contributed by atoms with E-state index in [-0.39, 0.29) is 11.5 Å². The summed E-state index contributed by atoms with van der Waals surface area (Å²) in [4.78, 5) is 13.8. The smallest absolute Gasteiger partial charge is 0.256 e. The van der Waals surface area contributed by atoms with Crippen molar-refractivity contribution >= 4 is 11.6 Å². The van der Waals surface area contributed by atoms with Gasteiger partial charge in [0.15, 0.2) is 0 Å². The van der Waals surface area contributed by atoms with Gasteiger partial charge in [-0.2, -0.15) is 0 Å². The fourth-order valence-corrected chi connectivity index (χ4v) is 2.24. The maximum Gasteiger partial charge on any atom is 0.256 e. The van der Waals surface area contributed by atoms with E-state index in [9.17, 15) is 9.18 Å². The lowest BCUT2D eigenvalue weighted by molar-refractivity contribution is 0.0783. The average Bonchev–Trinajstić information content (AvgIpc) is 2.69. The minimum absolute atomic E-state index is 0.0941. The Kier molecular flexibility index (Phi) is 3.05. The van der Waals surface area contributed by atoms with E-state index >= 15 is 0 Å². The molecule has 2 rings (SSSR count). The second-order valence-electron chi connectivity index (χ2n) is 4.84. The van der Waals surface area contributed by atoms with Crippen LogP contribution >= 0.6 is 0 Å². The summed E-state index contributed by atoms with van der Waals surface area (Å²) in [6, 6.07) is 2.96. The predicted molar refractivity (Wildman–Crippen MR) is 65.2 cm³/mol. The van der Waals surface area contributed by atoms with E-state index in [2.05, 4.69) is 6.92 Å². The van der Waals surface area contributed by atoms with Crippen molar-refractivity contribution < 1.29 is 9.18 Å². The van der Waals surface area contributed by atoms with Crippen LogP contribution in [-0.2, 0) is 0 Å². The van der Waals surface area contributed by atoms with Crippen molar-refractivity contribution in [3.05, 3.63) is 29.1 Å². The fraction of sp³-hybridized carbons (Fsp3) is 0.462. The van der Waals surface area contributed by atoms with E-state index in [1.165, 1.54) is 6.07 Å². The number of aryl methyl sites for hydroxylation is 1. The SMILES string of the molecule is Cc1cc(N)cc(C(=O)N2CCC(C)C2)c1F. The molecule has 1 heterocycles. The molecule has 3 nitrogen and oxygen atoms in total. The van der Waals surface area contributed by atoms with Crippen LogP contribution in [0.5, 0.6) is 0 Å². The Morgan fingerprint density at radius 2 is 2.24 bits per heavy atom. The van der Waals surface area contributed by atoms with Crippen LogP contribution in [0.25, 0.3) is 0 Å². The Morgan fingerprint density at radius 3 is 2.82 bits per heavy atom. The highest BCUT2D eigenvalue weighted by molar-refractivity contribution is 5.95. The van der Waals surface area contributed by atoms with E-state index in [0.717, 1.165) is 6.42 Å². The molecule has 0 spiro atoms. The molecule has 1 saturated heterocycles. The van der Waals surface area contributed by atoms with Crippen LogP contribution in [0, 0.1) is 18.7 Å². The van der Waals surface area contributed by atoms with Gasteiger partial charge in [0.1, 0.15) is 5.82 Å². The molecule has 4 heteroatoms. The summed E-state index contributed by atoms with van der Waals surface area (Å²) in [5, 5.41) is 0. The lowest BCUT2D eigenvalue weighted by Crippen LogP contribution is -2.29. The fourth-order valence-electron chi connectivity index (χ4n) is 2.24. The minimum Gasteiger partial charge on any atom is -0.399 e. The second-order valence-corrected chi connectivity index (χ2v) is 4.84. The van der Waals surface area contributed by atoms with Crippen LogP contribution in [0.1, 0.15) is 29.3 Å². The predicted octanol–water partition coefficient (Wildman–Crippen LogP) is 2.20. The molecule has 2 N–H and O–H groups in total. The molecular weight excluding hydrogens is 219 g/mol. The molecule has 1 amide bonds. The number of hydrogen-bond acceptors (Lipinski definition) is 2. The second kappa shape index (κ2) is 4.35. The van der Waals surface area contributed by atoms with Crippen molar-refractivity contribution in [2.75, 3.05) is 18.8 Å². The van der Waals surface area contributed by atoms with Gasteiger partial charge in [0.05, 0.1) is 5.56 Å². The summed E-state index contributed by atoms with van der Waals surface area (Å²) in [7, 11) is 0. The molecule has 1 aromatic carbocycles. The van der Waals surface area contributed by atoms with Gasteiger partial charge in [0.2, 0.25) is 0 Å². The zero-order valence-corrected chi connectivity index (χ0v) is 10.2. The zero-order valence-electron chi connectivity index (χ0n) is 10.2. The molecule has 17 heavy (non-hydrogen) atoms. The number of hydrogen-bond donors (Lipinski definition) is 1. The number of amides is 1. The Morgan fingerprint density at radius 1 is 1.53 bits per heavy atom. The number of carbonyl (C=O) groups excluding carboxylic acids is 1. The van der Waals surface area contributed by atoms with Crippen molar-refractivity contribution in [1.29, 1.82) is 0 Å². The van der Waals surface area contributed by atoms with Gasteiger partial charge < -0.3 is 10.6 Å². The molecule has 0 aromatic heterocycles. The van der Waals surface area contributed by atoms with Crippen molar-refractivity contribution in [1.82, 2.24) is 4.90 Å². The van der Waals surface area contributed by atoms with E-state index in [4.69, 9.17) is 5.73 Å². The number of nitrogens with two attached hydrogens (primary N) is 1. The van der Waals surface area contributed by atoms with Gasteiger partial charge in [-0.25, -0.2) is 4.39 Å². The Labute approximate surface area is 100 Å². The maximum atomic E-state index is 13.9. The molecular formula is C13H17FN2O. The lowest BCUT2D eigenvalue weighted by atomic mass is 10.1.